The average Bonchev–Trinajstić information content (AvgIpc) is 3.09. The molecule has 1 aromatic heterocycles. The van der Waals surface area contributed by atoms with Crippen LogP contribution in [-0.2, 0) is 11.3 Å². The Bertz CT molecular complexity index is 1030. The molecule has 0 saturated carbocycles. The normalized spacial score (nSPS) is 11.7. The fraction of sp³-hybridized carbons (Fsp3) is 0.200. The summed E-state index contributed by atoms with van der Waals surface area (Å²) in [6.45, 7) is -1.25. The highest BCUT2D eigenvalue weighted by atomic mass is 32.2. The molecule has 11 heteroatoms. The molecule has 0 saturated heterocycles. The van der Waals surface area contributed by atoms with E-state index >= 15 is 0 Å². The summed E-state index contributed by atoms with van der Waals surface area (Å²) in [5.74, 6) is -3.44. The molecule has 3 aromatic rings. The van der Waals surface area contributed by atoms with Crippen LogP contribution in [0.4, 0.5) is 27.6 Å². The molecule has 0 unspecified atom stereocenters. The second kappa shape index (κ2) is 10.2. The molecule has 1 N–H and O–H groups in total. The van der Waals surface area contributed by atoms with E-state index in [1.165, 1.54) is 18.3 Å². The van der Waals surface area contributed by atoms with Crippen molar-refractivity contribution in [3.8, 4) is 11.3 Å². The van der Waals surface area contributed by atoms with Crippen molar-refractivity contribution in [1.82, 2.24) is 9.55 Å². The van der Waals surface area contributed by atoms with Crippen molar-refractivity contribution in [2.45, 2.75) is 28.5 Å². The molecular weight excluding hydrogens is 457 g/mol. The highest BCUT2D eigenvalue weighted by Gasteiger charge is 2.31. The van der Waals surface area contributed by atoms with E-state index in [9.17, 15) is 26.7 Å². The van der Waals surface area contributed by atoms with E-state index in [0.29, 0.717) is 17.3 Å². The minimum atomic E-state index is -4.48. The minimum Gasteiger partial charge on any atom is -0.324 e. The van der Waals surface area contributed by atoms with Gasteiger partial charge in [0.2, 0.25) is 5.91 Å². The number of aromatic nitrogens is 2. The first-order chi connectivity index (χ1) is 14.7. The summed E-state index contributed by atoms with van der Waals surface area (Å²) in [7, 11) is 0. The van der Waals surface area contributed by atoms with Crippen molar-refractivity contribution in [2.75, 3.05) is 11.1 Å². The first-order valence-electron chi connectivity index (χ1n) is 8.87. The van der Waals surface area contributed by atoms with Crippen LogP contribution in [0.1, 0.15) is 0 Å². The van der Waals surface area contributed by atoms with E-state index in [1.54, 1.807) is 42.5 Å². The average molecular weight is 473 g/mol. The molecule has 0 fully saturated rings. The van der Waals surface area contributed by atoms with Gasteiger partial charge in [0.05, 0.1) is 23.3 Å². The van der Waals surface area contributed by atoms with Crippen LogP contribution >= 0.6 is 23.5 Å². The number of para-hydroxylation sites is 1. The van der Waals surface area contributed by atoms with E-state index in [-0.39, 0.29) is 27.2 Å². The summed E-state index contributed by atoms with van der Waals surface area (Å²) in [6, 6.07) is 14.6. The molecule has 0 radical (unpaired) electrons. The zero-order valence-electron chi connectivity index (χ0n) is 15.8. The Morgan fingerprint density at radius 3 is 2.42 bits per heavy atom. The van der Waals surface area contributed by atoms with Gasteiger partial charge >= 0.3 is 6.18 Å². The fourth-order valence-electron chi connectivity index (χ4n) is 2.73. The summed E-state index contributed by atoms with van der Waals surface area (Å²) in [6.07, 6.45) is -3.15. The van der Waals surface area contributed by atoms with Crippen molar-refractivity contribution >= 4 is 35.1 Å². The third-order valence-corrected chi connectivity index (χ3v) is 5.71. The molecule has 1 amide bonds. The maximum atomic E-state index is 13.1. The summed E-state index contributed by atoms with van der Waals surface area (Å²) >= 11 is 1.13. The van der Waals surface area contributed by atoms with Gasteiger partial charge in [0, 0.05) is 4.90 Å². The number of hydrogen-bond donors (Lipinski definition) is 1. The molecule has 0 aliphatic heterocycles. The molecule has 164 valence electrons. The maximum absolute atomic E-state index is 13.1. The molecule has 0 aliphatic carbocycles. The largest absolute Gasteiger partial charge is 0.406 e. The van der Waals surface area contributed by atoms with Crippen LogP contribution in [0.3, 0.4) is 0 Å². The quantitative estimate of drug-likeness (QED) is 0.315. The lowest BCUT2D eigenvalue weighted by molar-refractivity contribution is -0.141. The van der Waals surface area contributed by atoms with Crippen molar-refractivity contribution in [1.29, 1.82) is 0 Å². The number of imidazole rings is 1. The van der Waals surface area contributed by atoms with Crippen LogP contribution in [0, 0.1) is 0 Å². The summed E-state index contributed by atoms with van der Waals surface area (Å²) in [5, 5.41) is 2.55. The molecule has 0 aliphatic rings. The minimum absolute atomic E-state index is 0.0292. The van der Waals surface area contributed by atoms with Crippen LogP contribution in [0.5, 0.6) is 0 Å². The monoisotopic (exact) mass is 473 g/mol. The summed E-state index contributed by atoms with van der Waals surface area (Å²) < 4.78 is 65.7. The molecule has 1 heterocycles. The smallest absolute Gasteiger partial charge is 0.324 e. The number of nitrogens with one attached hydrogen (secondary N) is 1. The van der Waals surface area contributed by atoms with Gasteiger partial charge in [-0.3, -0.25) is 4.79 Å². The molecule has 0 bridgehead atoms. The number of amides is 1. The first kappa shape index (κ1) is 23.1. The van der Waals surface area contributed by atoms with Gasteiger partial charge in [-0.05, 0) is 17.7 Å². The Kier molecular flexibility index (Phi) is 7.60. The topological polar surface area (TPSA) is 46.9 Å². The number of nitrogens with zero attached hydrogens (tertiary/aromatic N) is 2. The molecule has 31 heavy (non-hydrogen) atoms. The Morgan fingerprint density at radius 1 is 1.06 bits per heavy atom. The lowest BCUT2D eigenvalue weighted by Crippen LogP contribution is -2.20. The van der Waals surface area contributed by atoms with Crippen molar-refractivity contribution in [2.24, 2.45) is 0 Å². The van der Waals surface area contributed by atoms with Gasteiger partial charge in [-0.15, -0.1) is 0 Å². The number of thioether (sulfide) groups is 2. The lowest BCUT2D eigenvalue weighted by atomic mass is 10.2. The summed E-state index contributed by atoms with van der Waals surface area (Å²) in [4.78, 5) is 16.6. The third-order valence-electron chi connectivity index (χ3n) is 3.94. The van der Waals surface area contributed by atoms with E-state index in [1.807, 2.05) is 0 Å². The number of halogens is 5. The van der Waals surface area contributed by atoms with Gasteiger partial charge in [0.25, 0.3) is 5.76 Å². The standard InChI is InChI=1S/C20H16F5N3OS2/c21-18(22)31-16-9-5-4-8-14(16)27-17(29)11-30-19-26-10-15(13-6-2-1-3-7-13)28(19)12-20(23,24)25/h1-10,18H,11-12H2,(H,27,29). The Balaban J connectivity index is 1.74. The number of benzene rings is 2. The van der Waals surface area contributed by atoms with Gasteiger partial charge in [0.15, 0.2) is 5.16 Å². The number of alkyl halides is 5. The Hall–Kier alpha value is -2.53. The van der Waals surface area contributed by atoms with Crippen LogP contribution < -0.4 is 5.32 Å². The van der Waals surface area contributed by atoms with Crippen LogP contribution in [-0.4, -0.2) is 33.1 Å². The van der Waals surface area contributed by atoms with Crippen LogP contribution in [0.15, 0.2) is 70.8 Å². The zero-order valence-corrected chi connectivity index (χ0v) is 17.4. The highest BCUT2D eigenvalue weighted by molar-refractivity contribution is 8.00. The molecular formula is C20H16F5N3OS2. The van der Waals surface area contributed by atoms with E-state index in [0.717, 1.165) is 16.3 Å². The highest BCUT2D eigenvalue weighted by Crippen LogP contribution is 2.33. The maximum Gasteiger partial charge on any atom is 0.406 e. The predicted molar refractivity (Wildman–Crippen MR) is 111 cm³/mol. The predicted octanol–water partition coefficient (Wildman–Crippen LogP) is 6.16. The van der Waals surface area contributed by atoms with Gasteiger partial charge in [-0.1, -0.05) is 66.0 Å². The van der Waals surface area contributed by atoms with Crippen molar-refractivity contribution in [3.63, 3.8) is 0 Å². The fourth-order valence-corrected chi connectivity index (χ4v) is 4.10. The number of carbonyl (C=O) groups is 1. The molecule has 3 rings (SSSR count). The number of anilines is 1. The van der Waals surface area contributed by atoms with Crippen molar-refractivity contribution < 1.29 is 26.7 Å². The van der Waals surface area contributed by atoms with Gasteiger partial charge < -0.3 is 9.88 Å². The Morgan fingerprint density at radius 2 is 1.74 bits per heavy atom. The van der Waals surface area contributed by atoms with Crippen LogP contribution in [0.2, 0.25) is 0 Å². The van der Waals surface area contributed by atoms with E-state index in [2.05, 4.69) is 10.3 Å². The lowest BCUT2D eigenvalue weighted by Gasteiger charge is -2.14. The van der Waals surface area contributed by atoms with Crippen LogP contribution in [0.25, 0.3) is 11.3 Å². The number of carbonyl (C=O) groups excluding carboxylic acids is 1. The van der Waals surface area contributed by atoms with Crippen molar-refractivity contribution in [3.05, 3.63) is 60.8 Å². The molecule has 0 atom stereocenters. The second-order valence-corrected chi connectivity index (χ2v) is 8.18. The Labute approximate surface area is 183 Å². The number of rotatable bonds is 8. The van der Waals surface area contributed by atoms with Gasteiger partial charge in [0.1, 0.15) is 6.54 Å². The SMILES string of the molecule is O=C(CSc1ncc(-c2ccccc2)n1CC(F)(F)F)Nc1ccccc1SC(F)F. The van der Waals surface area contributed by atoms with Gasteiger partial charge in [-0.25, -0.2) is 4.98 Å². The molecule has 2 aromatic carbocycles. The number of hydrogen-bond acceptors (Lipinski definition) is 4. The van der Waals surface area contributed by atoms with E-state index in [4.69, 9.17) is 0 Å². The third kappa shape index (κ3) is 6.73. The molecule has 0 spiro atoms. The van der Waals surface area contributed by atoms with E-state index < -0.39 is 24.4 Å². The first-order valence-corrected chi connectivity index (χ1v) is 10.7. The van der Waals surface area contributed by atoms with Gasteiger partial charge in [-0.2, -0.15) is 22.0 Å². The zero-order chi connectivity index (χ0) is 22.4. The molecule has 4 nitrogen and oxygen atoms in total. The second-order valence-electron chi connectivity index (χ2n) is 6.20. The summed E-state index contributed by atoms with van der Waals surface area (Å²) in [5.41, 5.74) is 1.05.